The molecule has 2 aromatic heterocycles. The van der Waals surface area contributed by atoms with Gasteiger partial charge in [0, 0.05) is 36.3 Å². The monoisotopic (exact) mass is 553 g/mol. The summed E-state index contributed by atoms with van der Waals surface area (Å²) in [5.74, 6) is 2.48. The number of fused-ring (bicyclic) bond motifs is 2. The molecule has 2 aromatic carbocycles. The Morgan fingerprint density at radius 1 is 0.919 bits per heavy atom. The van der Waals surface area contributed by atoms with Crippen LogP contribution in [0.4, 0.5) is 5.82 Å². The normalized spacial score (nSPS) is 21.7. The zero-order chi connectivity index (χ0) is 25.4. The van der Waals surface area contributed by atoms with E-state index >= 15 is 0 Å². The molecule has 4 aromatic rings. The molecule has 2 aliphatic rings. The molecule has 8 heteroatoms. The third-order valence-electron chi connectivity index (χ3n) is 8.26. The lowest BCUT2D eigenvalue weighted by Gasteiger charge is -2.36. The Labute approximate surface area is 228 Å². The number of hydrogen-bond donors (Lipinski definition) is 0. The van der Waals surface area contributed by atoms with E-state index in [9.17, 15) is 8.42 Å². The van der Waals surface area contributed by atoms with Crippen LogP contribution in [0.5, 0.6) is 0 Å². The fraction of sp³-hybridized carbons (Fsp3) is 0.483. The molecule has 5 nitrogen and oxygen atoms in total. The summed E-state index contributed by atoms with van der Waals surface area (Å²) >= 11 is 3.02. The summed E-state index contributed by atoms with van der Waals surface area (Å²) in [7, 11) is -3.22. The quantitative estimate of drug-likeness (QED) is 0.258. The molecular formula is C29H35N3O2S3. The summed E-state index contributed by atoms with van der Waals surface area (Å²) in [5.41, 5.74) is 1.17. The maximum absolute atomic E-state index is 13.1. The van der Waals surface area contributed by atoms with Crippen LogP contribution in [0.1, 0.15) is 37.7 Å². The Morgan fingerprint density at radius 3 is 2.49 bits per heavy atom. The lowest BCUT2D eigenvalue weighted by atomic mass is 9.81. The summed E-state index contributed by atoms with van der Waals surface area (Å²) < 4.78 is 33.9. The Kier molecular flexibility index (Phi) is 7.27. The van der Waals surface area contributed by atoms with Crippen molar-refractivity contribution in [3.63, 3.8) is 0 Å². The van der Waals surface area contributed by atoms with Crippen LogP contribution in [0.3, 0.4) is 0 Å². The minimum Gasteiger partial charge on any atom is -0.353 e. The van der Waals surface area contributed by atoms with Crippen LogP contribution in [0, 0.1) is 18.8 Å². The Hall–Kier alpha value is -2.00. The summed E-state index contributed by atoms with van der Waals surface area (Å²) in [6, 6.07) is 16.6. The molecule has 1 aliphatic carbocycles. The van der Waals surface area contributed by atoms with Gasteiger partial charge in [0.2, 0.25) is 0 Å². The van der Waals surface area contributed by atoms with Gasteiger partial charge in [-0.3, -0.25) is 4.90 Å². The van der Waals surface area contributed by atoms with E-state index in [4.69, 9.17) is 4.37 Å². The van der Waals surface area contributed by atoms with E-state index in [0.717, 1.165) is 80.2 Å². The van der Waals surface area contributed by atoms with Gasteiger partial charge in [-0.2, -0.15) is 4.37 Å². The molecule has 3 heterocycles. The number of thiophene rings is 1. The first kappa shape index (κ1) is 25.3. The largest absolute Gasteiger partial charge is 0.353 e. The second-order valence-electron chi connectivity index (χ2n) is 10.9. The molecule has 0 N–H and O–H groups in total. The average Bonchev–Trinajstić information content (AvgIpc) is 3.53. The van der Waals surface area contributed by atoms with Crippen LogP contribution in [0.15, 0.2) is 52.7 Å². The Morgan fingerprint density at radius 2 is 1.68 bits per heavy atom. The molecule has 0 bridgehead atoms. The zero-order valence-electron chi connectivity index (χ0n) is 21.4. The molecule has 0 atom stereocenters. The van der Waals surface area contributed by atoms with Crippen molar-refractivity contribution < 1.29 is 8.42 Å². The highest BCUT2D eigenvalue weighted by molar-refractivity contribution is 7.93. The van der Waals surface area contributed by atoms with Gasteiger partial charge in [0.1, 0.15) is 10.0 Å². The van der Waals surface area contributed by atoms with E-state index in [1.165, 1.54) is 33.4 Å². The number of nitrogens with zero attached hydrogens (tertiary/aromatic N) is 3. The van der Waals surface area contributed by atoms with Crippen molar-refractivity contribution in [2.24, 2.45) is 11.8 Å². The molecule has 6 rings (SSSR count). The van der Waals surface area contributed by atoms with Crippen LogP contribution in [-0.2, 0) is 9.84 Å². The van der Waals surface area contributed by atoms with E-state index in [1.54, 1.807) is 11.5 Å². The number of anilines is 1. The number of piperazine rings is 1. The SMILES string of the molecule is Cc1ccc2sc(S(=O)(=O)CC3CCC(CCN4CCN(c5nsc6ccccc56)CC4)CC3)cc2c1. The first-order valence-corrected chi connectivity index (χ1v) is 16.7. The molecule has 196 valence electrons. The number of benzene rings is 2. The molecule has 0 radical (unpaired) electrons. The number of aryl methyl sites for hydroxylation is 1. The third kappa shape index (κ3) is 5.58. The van der Waals surface area contributed by atoms with Crippen LogP contribution in [0.25, 0.3) is 20.2 Å². The third-order valence-corrected chi connectivity index (χ3v) is 12.6. The zero-order valence-corrected chi connectivity index (χ0v) is 23.9. The fourth-order valence-electron chi connectivity index (χ4n) is 6.02. The van der Waals surface area contributed by atoms with Crippen LogP contribution < -0.4 is 4.90 Å². The van der Waals surface area contributed by atoms with E-state index in [2.05, 4.69) is 46.2 Å². The lowest BCUT2D eigenvalue weighted by molar-refractivity contribution is 0.209. The molecule has 0 spiro atoms. The molecular weight excluding hydrogens is 519 g/mol. The summed E-state index contributed by atoms with van der Waals surface area (Å²) in [6.45, 7) is 7.46. The molecule has 1 saturated carbocycles. The molecule has 1 aliphatic heterocycles. The van der Waals surface area contributed by atoms with Gasteiger partial charge < -0.3 is 4.90 Å². The first-order valence-electron chi connectivity index (χ1n) is 13.5. The van der Waals surface area contributed by atoms with Gasteiger partial charge in [-0.1, -0.05) is 42.7 Å². The molecule has 2 fully saturated rings. The van der Waals surface area contributed by atoms with Gasteiger partial charge >= 0.3 is 0 Å². The lowest BCUT2D eigenvalue weighted by Crippen LogP contribution is -2.47. The van der Waals surface area contributed by atoms with Gasteiger partial charge in [-0.05, 0) is 85.8 Å². The Balaban J connectivity index is 0.955. The smallest absolute Gasteiger partial charge is 0.188 e. The van der Waals surface area contributed by atoms with Crippen molar-refractivity contribution in [1.29, 1.82) is 0 Å². The van der Waals surface area contributed by atoms with Crippen molar-refractivity contribution in [2.75, 3.05) is 43.4 Å². The van der Waals surface area contributed by atoms with Crippen molar-refractivity contribution in [3.8, 4) is 0 Å². The van der Waals surface area contributed by atoms with Crippen LogP contribution in [0.2, 0.25) is 0 Å². The number of rotatable bonds is 7. The van der Waals surface area contributed by atoms with Crippen molar-refractivity contribution in [1.82, 2.24) is 9.27 Å². The van der Waals surface area contributed by atoms with E-state index in [-0.39, 0.29) is 0 Å². The van der Waals surface area contributed by atoms with Crippen molar-refractivity contribution in [2.45, 2.75) is 43.2 Å². The number of sulfone groups is 1. The average molecular weight is 554 g/mol. The van der Waals surface area contributed by atoms with Crippen LogP contribution in [-0.4, -0.2) is 56.2 Å². The predicted octanol–water partition coefficient (Wildman–Crippen LogP) is 6.61. The topological polar surface area (TPSA) is 53.5 Å². The first-order chi connectivity index (χ1) is 17.9. The second kappa shape index (κ2) is 10.6. The summed E-state index contributed by atoms with van der Waals surface area (Å²) in [6.07, 6.45) is 5.64. The van der Waals surface area contributed by atoms with Crippen molar-refractivity contribution >= 4 is 58.7 Å². The van der Waals surface area contributed by atoms with Gasteiger partial charge in [-0.25, -0.2) is 8.42 Å². The predicted molar refractivity (Wildman–Crippen MR) is 157 cm³/mol. The highest BCUT2D eigenvalue weighted by atomic mass is 32.2. The van der Waals surface area contributed by atoms with E-state index in [1.807, 2.05) is 19.1 Å². The standard InChI is InChI=1S/C29H35N3O2S3/c1-21-6-11-26-24(18-21)19-28(35-26)37(33,34)20-23-9-7-22(8-10-23)12-13-31-14-16-32(17-15-31)29-25-4-2-3-5-27(25)36-30-29/h2-6,11,18-19,22-23H,7-10,12-17,20H2,1H3. The molecule has 0 amide bonds. The van der Waals surface area contributed by atoms with E-state index < -0.39 is 9.84 Å². The van der Waals surface area contributed by atoms with Gasteiger partial charge in [0.05, 0.1) is 10.5 Å². The number of aromatic nitrogens is 1. The fourth-order valence-corrected chi connectivity index (χ4v) is 10.00. The molecule has 0 unspecified atom stereocenters. The van der Waals surface area contributed by atoms with Gasteiger partial charge in [-0.15, -0.1) is 11.3 Å². The van der Waals surface area contributed by atoms with Crippen LogP contribution >= 0.6 is 22.9 Å². The Bertz CT molecular complexity index is 1480. The number of hydrogen-bond acceptors (Lipinski definition) is 7. The molecule has 37 heavy (non-hydrogen) atoms. The molecule has 1 saturated heterocycles. The van der Waals surface area contributed by atoms with Gasteiger partial charge in [0.15, 0.2) is 9.84 Å². The van der Waals surface area contributed by atoms with Gasteiger partial charge in [0.25, 0.3) is 0 Å². The maximum Gasteiger partial charge on any atom is 0.188 e. The van der Waals surface area contributed by atoms with E-state index in [0.29, 0.717) is 15.9 Å². The minimum absolute atomic E-state index is 0.296. The van der Waals surface area contributed by atoms with Crippen molar-refractivity contribution in [3.05, 3.63) is 54.1 Å². The summed E-state index contributed by atoms with van der Waals surface area (Å²) in [5, 5.41) is 2.33. The highest BCUT2D eigenvalue weighted by Gasteiger charge is 2.28. The second-order valence-corrected chi connectivity index (χ2v) is 15.0. The summed E-state index contributed by atoms with van der Waals surface area (Å²) in [4.78, 5) is 5.05. The highest BCUT2D eigenvalue weighted by Crippen LogP contribution is 2.36. The maximum atomic E-state index is 13.1. The minimum atomic E-state index is -3.22.